The van der Waals surface area contributed by atoms with Gasteiger partial charge < -0.3 is 17.7 Å². The number of rotatable bonds is 2. The maximum Gasteiger partial charge on any atom is 0.156 e. The number of hydrogen-bond acceptors (Lipinski definition) is 3. The van der Waals surface area contributed by atoms with Crippen LogP contribution in [0.5, 0.6) is 0 Å². The van der Waals surface area contributed by atoms with E-state index in [1.807, 2.05) is 0 Å². The van der Waals surface area contributed by atoms with Gasteiger partial charge in [0.25, 0.3) is 0 Å². The molecule has 2 rings (SSSR count). The molecule has 0 saturated heterocycles. The minimum atomic E-state index is 0. The van der Waals surface area contributed by atoms with Crippen LogP contribution in [0.2, 0.25) is 0 Å². The van der Waals surface area contributed by atoms with E-state index in [1.165, 1.54) is 16.7 Å². The first kappa shape index (κ1) is 14.4. The topological polar surface area (TPSA) is 24.4 Å². The second kappa shape index (κ2) is 6.92. The van der Waals surface area contributed by atoms with Crippen molar-refractivity contribution >= 4 is 16.9 Å². The summed E-state index contributed by atoms with van der Waals surface area (Å²) in [5.74, 6) is 1.01. The van der Waals surface area contributed by atoms with E-state index in [1.54, 1.807) is 11.8 Å². The van der Waals surface area contributed by atoms with Crippen LogP contribution in [0, 0.1) is 13.8 Å². The van der Waals surface area contributed by atoms with Gasteiger partial charge in [0, 0.05) is 18.8 Å². The molecule has 2 nitrogen and oxygen atoms in total. The van der Waals surface area contributed by atoms with Crippen LogP contribution in [0.15, 0.2) is 23.2 Å². The van der Waals surface area contributed by atoms with Crippen molar-refractivity contribution in [2.75, 3.05) is 13.1 Å². The third-order valence-electron chi connectivity index (χ3n) is 2.81. The minimum absolute atomic E-state index is 0. The third-order valence-corrected chi connectivity index (χ3v) is 3.84. The Labute approximate surface area is 114 Å². The summed E-state index contributed by atoms with van der Waals surface area (Å²) in [6.45, 7) is 6.36. The van der Waals surface area contributed by atoms with Crippen LogP contribution >= 0.6 is 11.8 Å². The lowest BCUT2D eigenvalue weighted by Gasteiger charge is -2.13. The highest BCUT2D eigenvalue weighted by Crippen LogP contribution is 2.17. The number of amidine groups is 1. The number of nitrogens with one attached hydrogen (secondary N) is 1. The van der Waals surface area contributed by atoms with E-state index < -0.39 is 0 Å². The Morgan fingerprint density at radius 2 is 2.12 bits per heavy atom. The second-order valence-electron chi connectivity index (χ2n) is 4.17. The number of aryl methyl sites for hydroxylation is 2. The Balaban J connectivity index is 0.00000144. The van der Waals surface area contributed by atoms with Crippen LogP contribution < -0.4 is 17.7 Å². The number of halogens is 1. The summed E-state index contributed by atoms with van der Waals surface area (Å²) < 4.78 is 0. The van der Waals surface area contributed by atoms with Crippen molar-refractivity contribution in [3.05, 3.63) is 34.9 Å². The van der Waals surface area contributed by atoms with Gasteiger partial charge in [-0.05, 0) is 37.0 Å². The highest BCUT2D eigenvalue weighted by molar-refractivity contribution is 8.13. The normalized spacial score (nSPS) is 14.6. The number of hydrogen-bond donors (Lipinski definition) is 1. The van der Waals surface area contributed by atoms with Gasteiger partial charge in [0.05, 0.1) is 0 Å². The standard InChI is InChI=1S/C13H18N2S.ClH/c1-10-4-5-12(8-11(10)2)9-16-13-14-6-3-7-15-13;/h4-5,8H,3,6-7,9H2,1-2H3,(H,14,15);1H/p-1. The molecule has 0 aromatic heterocycles. The Kier molecular flexibility index (Phi) is 5.86. The molecule has 0 bridgehead atoms. The molecule has 0 atom stereocenters. The van der Waals surface area contributed by atoms with Gasteiger partial charge in [0.1, 0.15) is 0 Å². The summed E-state index contributed by atoms with van der Waals surface area (Å²) in [4.78, 5) is 4.45. The largest absolute Gasteiger partial charge is 1.00 e. The molecule has 1 aromatic carbocycles. The summed E-state index contributed by atoms with van der Waals surface area (Å²) in [5.41, 5.74) is 4.11. The fraction of sp³-hybridized carbons (Fsp3) is 0.462. The quantitative estimate of drug-likeness (QED) is 0.810. The fourth-order valence-electron chi connectivity index (χ4n) is 1.65. The molecule has 17 heavy (non-hydrogen) atoms. The van der Waals surface area contributed by atoms with Crippen molar-refractivity contribution in [1.82, 2.24) is 5.32 Å². The average molecular weight is 270 g/mol. The lowest BCUT2D eigenvalue weighted by molar-refractivity contribution is -0.00000345. The summed E-state index contributed by atoms with van der Waals surface area (Å²) in [6.07, 6.45) is 1.16. The predicted octanol–water partition coefficient (Wildman–Crippen LogP) is -0.110. The van der Waals surface area contributed by atoms with Crippen molar-refractivity contribution in [3.8, 4) is 0 Å². The number of nitrogens with zero attached hydrogens (tertiary/aromatic N) is 1. The van der Waals surface area contributed by atoms with Crippen LogP contribution in [0.4, 0.5) is 0 Å². The van der Waals surface area contributed by atoms with Gasteiger partial charge in [-0.15, -0.1) is 0 Å². The fourth-order valence-corrected chi connectivity index (χ4v) is 2.52. The van der Waals surface area contributed by atoms with E-state index in [-0.39, 0.29) is 12.4 Å². The molecule has 0 aliphatic carbocycles. The van der Waals surface area contributed by atoms with E-state index in [2.05, 4.69) is 42.4 Å². The second-order valence-corrected chi connectivity index (χ2v) is 5.14. The van der Waals surface area contributed by atoms with Crippen molar-refractivity contribution < 1.29 is 12.4 Å². The van der Waals surface area contributed by atoms with Crippen molar-refractivity contribution in [1.29, 1.82) is 0 Å². The highest BCUT2D eigenvalue weighted by atomic mass is 35.5. The molecule has 94 valence electrons. The Morgan fingerprint density at radius 1 is 1.29 bits per heavy atom. The van der Waals surface area contributed by atoms with Gasteiger partial charge in [-0.1, -0.05) is 30.0 Å². The molecule has 0 fully saturated rings. The molecule has 0 radical (unpaired) electrons. The van der Waals surface area contributed by atoms with E-state index in [9.17, 15) is 0 Å². The van der Waals surface area contributed by atoms with Crippen LogP contribution in [-0.4, -0.2) is 18.3 Å². The van der Waals surface area contributed by atoms with Gasteiger partial charge in [-0.25, -0.2) is 0 Å². The average Bonchev–Trinajstić information content (AvgIpc) is 2.32. The zero-order valence-corrected chi connectivity index (χ0v) is 11.9. The molecule has 0 saturated carbocycles. The lowest BCUT2D eigenvalue weighted by Crippen LogP contribution is -3.00. The van der Waals surface area contributed by atoms with Crippen LogP contribution in [0.1, 0.15) is 23.1 Å². The van der Waals surface area contributed by atoms with Crippen LogP contribution in [0.3, 0.4) is 0 Å². The molecular weight excluding hydrogens is 252 g/mol. The first-order valence-corrected chi connectivity index (χ1v) is 6.71. The van der Waals surface area contributed by atoms with Gasteiger partial charge in [0.15, 0.2) is 5.17 Å². The molecule has 1 aliphatic rings. The predicted molar refractivity (Wildman–Crippen MR) is 72.1 cm³/mol. The monoisotopic (exact) mass is 269 g/mol. The van der Waals surface area contributed by atoms with Crippen LogP contribution in [-0.2, 0) is 5.75 Å². The number of thioether (sulfide) groups is 1. The summed E-state index contributed by atoms with van der Waals surface area (Å²) in [5, 5.41) is 4.43. The molecule has 0 unspecified atom stereocenters. The highest BCUT2D eigenvalue weighted by Gasteiger charge is 2.05. The lowest BCUT2D eigenvalue weighted by atomic mass is 10.1. The molecule has 1 aromatic rings. The Bertz CT molecular complexity index is 404. The summed E-state index contributed by atoms with van der Waals surface area (Å²) in [6, 6.07) is 6.67. The molecule has 1 heterocycles. The van der Waals surface area contributed by atoms with E-state index in [4.69, 9.17) is 0 Å². The SMILES string of the molecule is Cc1ccc(CSC2=NCCCN2)cc1C.[Cl-]. The molecule has 0 amide bonds. The first-order valence-electron chi connectivity index (χ1n) is 5.73. The molecule has 4 heteroatoms. The summed E-state index contributed by atoms with van der Waals surface area (Å²) >= 11 is 1.80. The maximum absolute atomic E-state index is 4.45. The maximum atomic E-state index is 4.45. The molecule has 0 spiro atoms. The molecule has 1 N–H and O–H groups in total. The number of benzene rings is 1. The Morgan fingerprint density at radius 3 is 2.76 bits per heavy atom. The van der Waals surface area contributed by atoms with E-state index in [0.29, 0.717) is 0 Å². The number of aliphatic imine (C=N–C) groups is 1. The Hall–Kier alpha value is -0.670. The van der Waals surface area contributed by atoms with E-state index in [0.717, 1.165) is 30.4 Å². The zero-order valence-electron chi connectivity index (χ0n) is 10.3. The van der Waals surface area contributed by atoms with Gasteiger partial charge in [-0.3, -0.25) is 4.99 Å². The van der Waals surface area contributed by atoms with Gasteiger partial charge in [0.2, 0.25) is 0 Å². The first-order chi connectivity index (χ1) is 7.75. The van der Waals surface area contributed by atoms with Gasteiger partial charge >= 0.3 is 0 Å². The minimum Gasteiger partial charge on any atom is -1.00 e. The molecule has 1 aliphatic heterocycles. The van der Waals surface area contributed by atoms with Crippen molar-refractivity contribution in [2.24, 2.45) is 4.99 Å². The molecular formula is C13H18ClN2S-. The zero-order chi connectivity index (χ0) is 11.4. The summed E-state index contributed by atoms with van der Waals surface area (Å²) in [7, 11) is 0. The third kappa shape index (κ3) is 4.25. The van der Waals surface area contributed by atoms with E-state index >= 15 is 0 Å². The van der Waals surface area contributed by atoms with Crippen molar-refractivity contribution in [3.63, 3.8) is 0 Å². The smallest absolute Gasteiger partial charge is 0.156 e. The van der Waals surface area contributed by atoms with Crippen LogP contribution in [0.25, 0.3) is 0 Å². The van der Waals surface area contributed by atoms with Crippen molar-refractivity contribution in [2.45, 2.75) is 26.0 Å². The van der Waals surface area contributed by atoms with Gasteiger partial charge in [-0.2, -0.15) is 0 Å².